The average Bonchev–Trinajstić information content (AvgIpc) is 2.77. The maximum absolute atomic E-state index is 6.77. The maximum atomic E-state index is 6.77. The van der Waals surface area contributed by atoms with Gasteiger partial charge in [-0.25, -0.2) is 0 Å². The van der Waals surface area contributed by atoms with Crippen molar-refractivity contribution in [2.45, 2.75) is 58.0 Å². The van der Waals surface area contributed by atoms with Gasteiger partial charge >= 0.3 is 0 Å². The summed E-state index contributed by atoms with van der Waals surface area (Å²) in [5.41, 5.74) is 8.15. The summed E-state index contributed by atoms with van der Waals surface area (Å²) in [5, 5.41) is 5.15. The highest BCUT2D eigenvalue weighted by Crippen LogP contribution is 2.63. The molecule has 1 heterocycles. The van der Waals surface area contributed by atoms with E-state index in [4.69, 9.17) is 17.3 Å². The van der Waals surface area contributed by atoms with Gasteiger partial charge in [0, 0.05) is 6.54 Å². The van der Waals surface area contributed by atoms with Crippen LogP contribution in [0.2, 0.25) is 5.02 Å². The Kier molecular flexibility index (Phi) is 2.94. The van der Waals surface area contributed by atoms with Crippen molar-refractivity contribution in [2.75, 3.05) is 0 Å². The molecule has 1 aromatic heterocycles. The number of hydrogen-bond donors (Lipinski definition) is 1. The summed E-state index contributed by atoms with van der Waals surface area (Å²) < 4.78 is 2.01. The first-order chi connectivity index (χ1) is 9.61. The molecule has 3 nitrogen and oxygen atoms in total. The van der Waals surface area contributed by atoms with Crippen LogP contribution in [0.25, 0.3) is 0 Å². The van der Waals surface area contributed by atoms with E-state index in [-0.39, 0.29) is 6.04 Å². The summed E-state index contributed by atoms with van der Waals surface area (Å²) in [6.07, 6.45) is 10.1. The highest BCUT2D eigenvalue weighted by Gasteiger charge is 2.54. The number of nitrogens with two attached hydrogens (primary N) is 1. The van der Waals surface area contributed by atoms with Gasteiger partial charge in [-0.2, -0.15) is 5.10 Å². The third-order valence-electron chi connectivity index (χ3n) is 6.17. The van der Waals surface area contributed by atoms with E-state index in [9.17, 15) is 0 Å². The average molecular weight is 294 g/mol. The molecule has 1 atom stereocenters. The summed E-state index contributed by atoms with van der Waals surface area (Å²) in [7, 11) is 0. The van der Waals surface area contributed by atoms with Gasteiger partial charge in [0.2, 0.25) is 0 Å². The molecular formula is C16H24ClN3. The van der Waals surface area contributed by atoms with Crippen LogP contribution >= 0.6 is 11.6 Å². The molecule has 0 radical (unpaired) electrons. The van der Waals surface area contributed by atoms with Gasteiger partial charge in [-0.3, -0.25) is 4.68 Å². The van der Waals surface area contributed by atoms with E-state index in [2.05, 4.69) is 12.0 Å². The molecule has 110 valence electrons. The lowest BCUT2D eigenvalue weighted by molar-refractivity contribution is -0.0690. The van der Waals surface area contributed by atoms with Crippen LogP contribution in [-0.2, 0) is 6.54 Å². The monoisotopic (exact) mass is 293 g/mol. The Hall–Kier alpha value is -0.540. The van der Waals surface area contributed by atoms with Crippen LogP contribution < -0.4 is 5.73 Å². The number of halogens is 1. The first-order valence-corrected chi connectivity index (χ1v) is 8.46. The Morgan fingerprint density at radius 3 is 2.35 bits per heavy atom. The number of nitrogens with zero attached hydrogens (tertiary/aromatic N) is 2. The van der Waals surface area contributed by atoms with E-state index < -0.39 is 0 Å². The Balaban J connectivity index is 1.71. The zero-order chi connectivity index (χ0) is 13.9. The summed E-state index contributed by atoms with van der Waals surface area (Å²) >= 11 is 6.40. The third-order valence-corrected chi connectivity index (χ3v) is 6.46. The SMILES string of the molecule is CCn1ncc(Cl)c1C(N)C12CC3CC(CC(C3)C1)C2. The molecule has 1 unspecified atom stereocenters. The van der Waals surface area contributed by atoms with Crippen molar-refractivity contribution in [3.05, 3.63) is 16.9 Å². The zero-order valence-electron chi connectivity index (χ0n) is 12.2. The van der Waals surface area contributed by atoms with Crippen molar-refractivity contribution in [1.82, 2.24) is 9.78 Å². The lowest BCUT2D eigenvalue weighted by Crippen LogP contribution is -2.51. The summed E-state index contributed by atoms with van der Waals surface area (Å²) in [6, 6.07) is 0.0610. The summed E-state index contributed by atoms with van der Waals surface area (Å²) in [6.45, 7) is 2.96. The largest absolute Gasteiger partial charge is 0.322 e. The minimum absolute atomic E-state index is 0.0610. The minimum atomic E-state index is 0.0610. The quantitative estimate of drug-likeness (QED) is 0.922. The molecule has 4 aliphatic carbocycles. The summed E-state index contributed by atoms with van der Waals surface area (Å²) in [4.78, 5) is 0. The Morgan fingerprint density at radius 2 is 1.85 bits per heavy atom. The fourth-order valence-corrected chi connectivity index (χ4v) is 6.04. The predicted molar refractivity (Wildman–Crippen MR) is 80.4 cm³/mol. The third kappa shape index (κ3) is 1.79. The molecule has 1 aromatic rings. The van der Waals surface area contributed by atoms with E-state index in [1.165, 1.54) is 38.5 Å². The second-order valence-corrected chi connectivity index (χ2v) is 7.86. The van der Waals surface area contributed by atoms with Gasteiger partial charge in [0.05, 0.1) is 23.0 Å². The molecule has 0 aliphatic heterocycles. The van der Waals surface area contributed by atoms with Crippen molar-refractivity contribution < 1.29 is 0 Å². The molecule has 4 fully saturated rings. The maximum Gasteiger partial charge on any atom is 0.0834 e. The lowest BCUT2D eigenvalue weighted by atomic mass is 9.47. The topological polar surface area (TPSA) is 43.8 Å². The van der Waals surface area contributed by atoms with E-state index in [0.717, 1.165) is 35.0 Å². The molecule has 2 N–H and O–H groups in total. The van der Waals surface area contributed by atoms with Gasteiger partial charge in [-0.05, 0) is 68.6 Å². The molecule has 0 saturated heterocycles. The number of aryl methyl sites for hydroxylation is 1. The molecule has 4 heteroatoms. The van der Waals surface area contributed by atoms with Crippen molar-refractivity contribution in [2.24, 2.45) is 28.9 Å². The standard InChI is InChI=1S/C16H24ClN3/c1-2-20-14(13(17)9-19-20)15(18)16-6-10-3-11(7-16)5-12(4-10)8-16/h9-12,15H,2-8,18H2,1H3. The smallest absolute Gasteiger partial charge is 0.0834 e. The molecule has 4 aliphatic rings. The van der Waals surface area contributed by atoms with Gasteiger partial charge in [-0.15, -0.1) is 0 Å². The Labute approximate surface area is 125 Å². The van der Waals surface area contributed by atoms with Crippen molar-refractivity contribution in [3.8, 4) is 0 Å². The van der Waals surface area contributed by atoms with Crippen molar-refractivity contribution in [1.29, 1.82) is 0 Å². The normalized spacial score (nSPS) is 40.2. The molecule has 4 bridgehead atoms. The van der Waals surface area contributed by atoms with Gasteiger partial charge in [0.25, 0.3) is 0 Å². The number of rotatable bonds is 3. The lowest BCUT2D eigenvalue weighted by Gasteiger charge is -2.58. The van der Waals surface area contributed by atoms with Crippen LogP contribution in [0, 0.1) is 23.2 Å². The minimum Gasteiger partial charge on any atom is -0.322 e. The fourth-order valence-electron chi connectivity index (χ4n) is 5.78. The molecule has 4 saturated carbocycles. The second kappa shape index (κ2) is 4.48. The fraction of sp³-hybridized carbons (Fsp3) is 0.812. The van der Waals surface area contributed by atoms with Crippen molar-refractivity contribution in [3.63, 3.8) is 0 Å². The van der Waals surface area contributed by atoms with E-state index >= 15 is 0 Å². The van der Waals surface area contributed by atoms with Gasteiger partial charge < -0.3 is 5.73 Å². The van der Waals surface area contributed by atoms with Crippen LogP contribution in [0.5, 0.6) is 0 Å². The van der Waals surface area contributed by atoms with Crippen LogP contribution in [0.15, 0.2) is 6.20 Å². The highest BCUT2D eigenvalue weighted by atomic mass is 35.5. The zero-order valence-corrected chi connectivity index (χ0v) is 12.9. The van der Waals surface area contributed by atoms with Gasteiger partial charge in [0.15, 0.2) is 0 Å². The van der Waals surface area contributed by atoms with Gasteiger partial charge in [0.1, 0.15) is 0 Å². The first kappa shape index (κ1) is 13.1. The van der Waals surface area contributed by atoms with Crippen LogP contribution in [0.4, 0.5) is 0 Å². The van der Waals surface area contributed by atoms with E-state index in [1.807, 2.05) is 4.68 Å². The van der Waals surface area contributed by atoms with Crippen LogP contribution in [-0.4, -0.2) is 9.78 Å². The second-order valence-electron chi connectivity index (χ2n) is 7.45. The van der Waals surface area contributed by atoms with Crippen LogP contribution in [0.3, 0.4) is 0 Å². The molecular weight excluding hydrogens is 270 g/mol. The molecule has 0 spiro atoms. The van der Waals surface area contributed by atoms with Crippen LogP contribution in [0.1, 0.15) is 57.2 Å². The predicted octanol–water partition coefficient (Wildman–Crippen LogP) is 3.77. The van der Waals surface area contributed by atoms with E-state index in [1.54, 1.807) is 6.20 Å². The van der Waals surface area contributed by atoms with Crippen molar-refractivity contribution >= 4 is 11.6 Å². The molecule has 0 amide bonds. The molecule has 5 rings (SSSR count). The Bertz CT molecular complexity index is 487. The van der Waals surface area contributed by atoms with Gasteiger partial charge in [-0.1, -0.05) is 11.6 Å². The number of hydrogen-bond acceptors (Lipinski definition) is 2. The Morgan fingerprint density at radius 1 is 1.30 bits per heavy atom. The molecule has 0 aromatic carbocycles. The highest BCUT2D eigenvalue weighted by molar-refractivity contribution is 6.31. The first-order valence-electron chi connectivity index (χ1n) is 8.08. The number of aromatic nitrogens is 2. The van der Waals surface area contributed by atoms with E-state index in [0.29, 0.717) is 5.41 Å². The summed E-state index contributed by atoms with van der Waals surface area (Å²) in [5.74, 6) is 2.76. The molecule has 20 heavy (non-hydrogen) atoms.